The summed E-state index contributed by atoms with van der Waals surface area (Å²) in [5.41, 5.74) is -1.33. The molecule has 13 heavy (non-hydrogen) atoms. The van der Waals surface area contributed by atoms with Gasteiger partial charge >= 0.3 is 0 Å². The molecule has 0 aromatic heterocycles. The number of halogens is 2. The number of hydrogen-bond donors (Lipinski definition) is 1. The average Bonchev–Trinajstić information content (AvgIpc) is 2.54. The standard InChI is InChI=1S/C10H11F2N/c11-9-4-2-1-3-8(9)10(12)5-6-13-7-10/h1-4,13H,5-7H2. The van der Waals surface area contributed by atoms with Crippen LogP contribution in [0.15, 0.2) is 24.3 Å². The van der Waals surface area contributed by atoms with Gasteiger partial charge in [-0.05, 0) is 19.0 Å². The molecule has 3 heteroatoms. The van der Waals surface area contributed by atoms with Gasteiger partial charge in [0.2, 0.25) is 0 Å². The van der Waals surface area contributed by atoms with Crippen LogP contribution in [-0.4, -0.2) is 13.1 Å². The third-order valence-corrected chi connectivity index (χ3v) is 2.46. The van der Waals surface area contributed by atoms with Gasteiger partial charge in [0.1, 0.15) is 5.82 Å². The molecule has 0 aliphatic carbocycles. The maximum Gasteiger partial charge on any atom is 0.152 e. The van der Waals surface area contributed by atoms with Gasteiger partial charge in [-0.3, -0.25) is 0 Å². The number of rotatable bonds is 1. The minimum absolute atomic E-state index is 0.181. The fourth-order valence-corrected chi connectivity index (χ4v) is 1.72. The summed E-state index contributed by atoms with van der Waals surface area (Å²) in [6, 6.07) is 6.06. The molecular formula is C10H11F2N. The first-order valence-corrected chi connectivity index (χ1v) is 4.37. The smallest absolute Gasteiger partial charge is 0.152 e. The van der Waals surface area contributed by atoms with E-state index in [0.717, 1.165) is 0 Å². The first-order chi connectivity index (χ1) is 6.22. The van der Waals surface area contributed by atoms with Crippen molar-refractivity contribution in [2.45, 2.75) is 12.1 Å². The van der Waals surface area contributed by atoms with Crippen molar-refractivity contribution in [2.24, 2.45) is 0 Å². The molecule has 0 radical (unpaired) electrons. The average molecular weight is 183 g/mol. The van der Waals surface area contributed by atoms with Gasteiger partial charge in [0.15, 0.2) is 5.67 Å². The maximum absolute atomic E-state index is 14.0. The zero-order chi connectivity index (χ0) is 9.31. The second-order valence-corrected chi connectivity index (χ2v) is 3.37. The van der Waals surface area contributed by atoms with Crippen LogP contribution in [0.1, 0.15) is 12.0 Å². The molecule has 0 amide bonds. The van der Waals surface area contributed by atoms with Gasteiger partial charge in [-0.1, -0.05) is 18.2 Å². The number of benzene rings is 1. The molecule has 70 valence electrons. The van der Waals surface area contributed by atoms with Crippen LogP contribution in [0.3, 0.4) is 0 Å². The second kappa shape index (κ2) is 3.07. The van der Waals surface area contributed by atoms with E-state index < -0.39 is 11.5 Å². The van der Waals surface area contributed by atoms with Crippen LogP contribution in [0.2, 0.25) is 0 Å². The molecule has 0 bridgehead atoms. The Bertz CT molecular complexity index is 306. The van der Waals surface area contributed by atoms with Gasteiger partial charge in [-0.25, -0.2) is 8.78 Å². The van der Waals surface area contributed by atoms with Crippen LogP contribution in [0, 0.1) is 5.82 Å². The lowest BCUT2D eigenvalue weighted by Gasteiger charge is -2.18. The van der Waals surface area contributed by atoms with Crippen LogP contribution in [0.25, 0.3) is 0 Å². The quantitative estimate of drug-likeness (QED) is 0.702. The molecule has 0 saturated carbocycles. The molecular weight excluding hydrogens is 172 g/mol. The third kappa shape index (κ3) is 1.44. The highest BCUT2D eigenvalue weighted by Gasteiger charge is 2.37. The topological polar surface area (TPSA) is 12.0 Å². The minimum atomic E-state index is -1.51. The van der Waals surface area contributed by atoms with Crippen molar-refractivity contribution >= 4 is 0 Å². The summed E-state index contributed by atoms with van der Waals surface area (Å²) in [7, 11) is 0. The fraction of sp³-hybridized carbons (Fsp3) is 0.400. The van der Waals surface area contributed by atoms with Crippen molar-refractivity contribution in [1.29, 1.82) is 0 Å². The van der Waals surface area contributed by atoms with E-state index in [1.165, 1.54) is 12.1 Å². The Hall–Kier alpha value is -0.960. The Morgan fingerprint density at radius 3 is 2.69 bits per heavy atom. The molecule has 1 aliphatic heterocycles. The van der Waals surface area contributed by atoms with Crippen LogP contribution < -0.4 is 5.32 Å². The van der Waals surface area contributed by atoms with Crippen LogP contribution in [0.5, 0.6) is 0 Å². The SMILES string of the molecule is Fc1ccccc1C1(F)CCNC1. The molecule has 0 spiro atoms. The molecule has 1 heterocycles. The van der Waals surface area contributed by atoms with Crippen LogP contribution >= 0.6 is 0 Å². The van der Waals surface area contributed by atoms with Crippen molar-refractivity contribution < 1.29 is 8.78 Å². The van der Waals surface area contributed by atoms with E-state index in [1.807, 2.05) is 0 Å². The summed E-state index contributed by atoms with van der Waals surface area (Å²) in [4.78, 5) is 0. The highest BCUT2D eigenvalue weighted by Crippen LogP contribution is 2.33. The van der Waals surface area contributed by atoms with Crippen molar-refractivity contribution in [3.05, 3.63) is 35.6 Å². The molecule has 1 unspecified atom stereocenters. The lowest BCUT2D eigenvalue weighted by atomic mass is 9.94. The van der Waals surface area contributed by atoms with E-state index in [2.05, 4.69) is 5.32 Å². The van der Waals surface area contributed by atoms with E-state index in [-0.39, 0.29) is 12.1 Å². The Morgan fingerprint density at radius 2 is 2.08 bits per heavy atom. The molecule has 2 rings (SSSR count). The monoisotopic (exact) mass is 183 g/mol. The molecule has 1 atom stereocenters. The van der Waals surface area contributed by atoms with Gasteiger partial charge in [0.05, 0.1) is 0 Å². The van der Waals surface area contributed by atoms with Crippen LogP contribution in [-0.2, 0) is 5.67 Å². The summed E-state index contributed by atoms with van der Waals surface area (Å²) >= 11 is 0. The largest absolute Gasteiger partial charge is 0.313 e. The van der Waals surface area contributed by atoms with Crippen molar-refractivity contribution in [3.63, 3.8) is 0 Å². The highest BCUT2D eigenvalue weighted by molar-refractivity contribution is 5.26. The predicted octanol–water partition coefficient (Wildman–Crippen LogP) is 1.98. The maximum atomic E-state index is 14.0. The van der Waals surface area contributed by atoms with Gasteiger partial charge in [-0.15, -0.1) is 0 Å². The third-order valence-electron chi connectivity index (χ3n) is 2.46. The molecule has 1 nitrogen and oxygen atoms in total. The fourth-order valence-electron chi connectivity index (χ4n) is 1.72. The van der Waals surface area contributed by atoms with E-state index in [4.69, 9.17) is 0 Å². The number of hydrogen-bond acceptors (Lipinski definition) is 1. The Kier molecular flexibility index (Phi) is 2.04. The predicted molar refractivity (Wildman–Crippen MR) is 46.7 cm³/mol. The molecule has 1 aliphatic rings. The number of alkyl halides is 1. The van der Waals surface area contributed by atoms with Gasteiger partial charge in [0.25, 0.3) is 0 Å². The van der Waals surface area contributed by atoms with Crippen molar-refractivity contribution in [2.75, 3.05) is 13.1 Å². The molecule has 1 aromatic carbocycles. The van der Waals surface area contributed by atoms with Crippen molar-refractivity contribution in [1.82, 2.24) is 5.32 Å². The Morgan fingerprint density at radius 1 is 1.31 bits per heavy atom. The first-order valence-electron chi connectivity index (χ1n) is 4.37. The number of nitrogens with one attached hydrogen (secondary N) is 1. The molecule has 1 aromatic rings. The summed E-state index contributed by atoms with van der Waals surface area (Å²) in [5.74, 6) is -0.450. The minimum Gasteiger partial charge on any atom is -0.313 e. The second-order valence-electron chi connectivity index (χ2n) is 3.37. The Labute approximate surface area is 75.8 Å². The molecule has 1 saturated heterocycles. The zero-order valence-electron chi connectivity index (χ0n) is 7.19. The van der Waals surface area contributed by atoms with Gasteiger partial charge in [-0.2, -0.15) is 0 Å². The highest BCUT2D eigenvalue weighted by atomic mass is 19.1. The van der Waals surface area contributed by atoms with Gasteiger partial charge in [0, 0.05) is 12.1 Å². The van der Waals surface area contributed by atoms with E-state index >= 15 is 0 Å². The lowest BCUT2D eigenvalue weighted by molar-refractivity contribution is 0.186. The zero-order valence-corrected chi connectivity index (χ0v) is 7.19. The summed E-state index contributed by atoms with van der Waals surface area (Å²) in [6.07, 6.45) is 0.355. The van der Waals surface area contributed by atoms with Crippen LogP contribution in [0.4, 0.5) is 8.78 Å². The normalized spacial score (nSPS) is 27.8. The molecule has 1 N–H and O–H groups in total. The Balaban J connectivity index is 2.39. The van der Waals surface area contributed by atoms with E-state index in [9.17, 15) is 8.78 Å². The lowest BCUT2D eigenvalue weighted by Crippen LogP contribution is -2.24. The van der Waals surface area contributed by atoms with Gasteiger partial charge < -0.3 is 5.32 Å². The van der Waals surface area contributed by atoms with E-state index in [0.29, 0.717) is 13.0 Å². The van der Waals surface area contributed by atoms with Crippen molar-refractivity contribution in [3.8, 4) is 0 Å². The van der Waals surface area contributed by atoms with E-state index in [1.54, 1.807) is 12.1 Å². The summed E-state index contributed by atoms with van der Waals surface area (Å²) < 4.78 is 27.2. The first kappa shape index (κ1) is 8.63. The summed E-state index contributed by atoms with van der Waals surface area (Å²) in [6.45, 7) is 0.832. The molecule has 1 fully saturated rings. The summed E-state index contributed by atoms with van der Waals surface area (Å²) in [5, 5.41) is 2.90.